The molecule has 1 heterocycles. The number of alkyl halides is 3. The van der Waals surface area contributed by atoms with Crippen LogP contribution in [0.4, 0.5) is 13.2 Å². The van der Waals surface area contributed by atoms with Crippen molar-refractivity contribution in [1.82, 2.24) is 0 Å². The Morgan fingerprint density at radius 3 is 2.26 bits per heavy atom. The number of halogens is 3. The minimum atomic E-state index is -4.27. The average molecular weight is 353 g/mol. The van der Waals surface area contributed by atoms with Crippen LogP contribution in [-0.2, 0) is 22.8 Å². The molecule has 0 nitrogen and oxygen atoms in total. The second-order valence-electron chi connectivity index (χ2n) is 5.49. The molecule has 23 heavy (non-hydrogen) atoms. The number of benzene rings is 2. The van der Waals surface area contributed by atoms with Gasteiger partial charge in [0.15, 0.2) is 0 Å². The average Bonchev–Trinajstić information content (AvgIpc) is 2.85. The first kappa shape index (κ1) is 16.4. The van der Waals surface area contributed by atoms with E-state index in [9.17, 15) is 13.2 Å². The molecule has 0 aliphatic heterocycles. The Hall–Kier alpha value is -1.46. The monoisotopic (exact) mass is 353 g/mol. The van der Waals surface area contributed by atoms with Gasteiger partial charge in [0.25, 0.3) is 0 Å². The Balaban J connectivity index is 1.83. The normalized spacial score (nSPS) is 13.4. The summed E-state index contributed by atoms with van der Waals surface area (Å²) in [5.74, 6) is 0.770. The fourth-order valence-corrected chi connectivity index (χ4v) is 6.00. The van der Waals surface area contributed by atoms with Crippen molar-refractivity contribution in [3.8, 4) is 0 Å². The van der Waals surface area contributed by atoms with E-state index in [4.69, 9.17) is 0 Å². The number of rotatable bonds is 3. The fraction of sp³-hybridized carbons (Fsp3) is 0.222. The van der Waals surface area contributed by atoms with Gasteiger partial charge in [0.05, 0.1) is 5.56 Å². The lowest BCUT2D eigenvalue weighted by Gasteiger charge is -2.07. The molecule has 5 heteroatoms. The van der Waals surface area contributed by atoms with Gasteiger partial charge >= 0.3 is 6.18 Å². The lowest BCUT2D eigenvalue weighted by Crippen LogP contribution is -2.06. The number of hydrogen-bond acceptors (Lipinski definition) is 1. The first-order chi connectivity index (χ1) is 10.9. The predicted molar refractivity (Wildman–Crippen MR) is 93.3 cm³/mol. The maximum atomic E-state index is 12.6. The third kappa shape index (κ3) is 3.40. The highest BCUT2D eigenvalue weighted by molar-refractivity contribution is 7.97. The summed E-state index contributed by atoms with van der Waals surface area (Å²) in [5, 5.41) is 1.28. The molecule has 0 spiro atoms. The summed E-state index contributed by atoms with van der Waals surface area (Å²) in [5.41, 5.74) is 1.65. The standard InChI is InChI=1S/C18H16F3S2/c1-12-15-5-3-4-6-16(15)22-17(12)23(2)11-13-7-9-14(10-8-13)18(19,20)21/h3-10H,11H2,1-2H3/q+1. The summed E-state index contributed by atoms with van der Waals surface area (Å²) in [6.07, 6.45) is -2.11. The van der Waals surface area contributed by atoms with Crippen molar-refractivity contribution in [2.75, 3.05) is 6.26 Å². The maximum absolute atomic E-state index is 12.6. The zero-order chi connectivity index (χ0) is 16.6. The highest BCUT2D eigenvalue weighted by Gasteiger charge is 2.30. The van der Waals surface area contributed by atoms with Crippen LogP contribution in [0, 0.1) is 6.92 Å². The van der Waals surface area contributed by atoms with Gasteiger partial charge < -0.3 is 0 Å². The Morgan fingerprint density at radius 1 is 1.00 bits per heavy atom. The fourth-order valence-electron chi connectivity index (χ4n) is 2.59. The van der Waals surface area contributed by atoms with Gasteiger partial charge in [-0.25, -0.2) is 0 Å². The summed E-state index contributed by atoms with van der Waals surface area (Å²) in [4.78, 5) is 0. The van der Waals surface area contributed by atoms with Gasteiger partial charge in [0, 0.05) is 32.1 Å². The van der Waals surface area contributed by atoms with Crippen molar-refractivity contribution in [3.05, 3.63) is 65.2 Å². The molecule has 0 saturated carbocycles. The number of fused-ring (bicyclic) bond motifs is 1. The molecule has 1 atom stereocenters. The summed E-state index contributed by atoms with van der Waals surface area (Å²) < 4.78 is 40.5. The van der Waals surface area contributed by atoms with Gasteiger partial charge in [-0.15, -0.1) is 0 Å². The molecule has 0 bridgehead atoms. The maximum Gasteiger partial charge on any atom is 0.416 e. The van der Waals surface area contributed by atoms with Crippen molar-refractivity contribution in [2.24, 2.45) is 0 Å². The number of hydrogen-bond donors (Lipinski definition) is 0. The molecule has 2 aromatic carbocycles. The van der Waals surface area contributed by atoms with Gasteiger partial charge in [-0.05, 0) is 25.1 Å². The SMILES string of the molecule is Cc1c([S+](C)Cc2ccc(C(F)(F)F)cc2)sc2ccccc12. The summed E-state index contributed by atoms with van der Waals surface area (Å²) in [7, 11) is -0.0191. The van der Waals surface area contributed by atoms with Crippen molar-refractivity contribution in [3.63, 3.8) is 0 Å². The van der Waals surface area contributed by atoms with Gasteiger partial charge in [-0.2, -0.15) is 13.2 Å². The van der Waals surface area contributed by atoms with Crippen LogP contribution in [0.5, 0.6) is 0 Å². The van der Waals surface area contributed by atoms with Crippen LogP contribution in [0.15, 0.2) is 52.7 Å². The largest absolute Gasteiger partial charge is 0.416 e. The van der Waals surface area contributed by atoms with Gasteiger partial charge in [-0.3, -0.25) is 0 Å². The van der Waals surface area contributed by atoms with Crippen LogP contribution in [0.2, 0.25) is 0 Å². The van der Waals surface area contributed by atoms with Crippen LogP contribution in [0.25, 0.3) is 10.1 Å². The van der Waals surface area contributed by atoms with E-state index in [2.05, 4.69) is 25.3 Å². The topological polar surface area (TPSA) is 0 Å². The minimum absolute atomic E-state index is 0.0191. The van der Waals surface area contributed by atoms with E-state index < -0.39 is 11.7 Å². The summed E-state index contributed by atoms with van der Waals surface area (Å²) >= 11 is 1.79. The molecular formula is C18H16F3S2+. The zero-order valence-electron chi connectivity index (χ0n) is 12.8. The van der Waals surface area contributed by atoms with Crippen LogP contribution in [0.1, 0.15) is 16.7 Å². The van der Waals surface area contributed by atoms with Crippen LogP contribution < -0.4 is 0 Å². The van der Waals surface area contributed by atoms with E-state index in [-0.39, 0.29) is 10.9 Å². The van der Waals surface area contributed by atoms with Gasteiger partial charge in [-0.1, -0.05) is 41.7 Å². The van der Waals surface area contributed by atoms with Crippen molar-refractivity contribution < 1.29 is 13.2 Å². The molecule has 0 fully saturated rings. The molecule has 0 radical (unpaired) electrons. The summed E-state index contributed by atoms with van der Waals surface area (Å²) in [6.45, 7) is 2.13. The quantitative estimate of drug-likeness (QED) is 0.504. The van der Waals surface area contributed by atoms with E-state index >= 15 is 0 Å². The molecule has 120 valence electrons. The van der Waals surface area contributed by atoms with Crippen molar-refractivity contribution in [1.29, 1.82) is 0 Å². The smallest absolute Gasteiger partial charge is 0.166 e. The molecule has 0 amide bonds. The Kier molecular flexibility index (Phi) is 4.43. The highest BCUT2D eigenvalue weighted by Crippen LogP contribution is 2.36. The van der Waals surface area contributed by atoms with Crippen LogP contribution in [0.3, 0.4) is 0 Å². The molecule has 1 unspecified atom stereocenters. The first-order valence-electron chi connectivity index (χ1n) is 7.13. The number of thiophene rings is 1. The zero-order valence-corrected chi connectivity index (χ0v) is 14.4. The second kappa shape index (κ2) is 6.21. The molecule has 3 aromatic rings. The third-order valence-electron chi connectivity index (χ3n) is 3.78. The minimum Gasteiger partial charge on any atom is -0.166 e. The van der Waals surface area contributed by atoms with Crippen molar-refractivity contribution >= 4 is 32.3 Å². The van der Waals surface area contributed by atoms with E-state index in [0.29, 0.717) is 0 Å². The van der Waals surface area contributed by atoms with Crippen LogP contribution in [-0.4, -0.2) is 6.26 Å². The second-order valence-corrected chi connectivity index (χ2v) is 8.77. The highest BCUT2D eigenvalue weighted by atomic mass is 32.2. The van der Waals surface area contributed by atoms with E-state index in [1.54, 1.807) is 23.5 Å². The van der Waals surface area contributed by atoms with E-state index in [1.165, 1.54) is 32.0 Å². The lowest BCUT2D eigenvalue weighted by atomic mass is 10.1. The molecule has 0 aliphatic carbocycles. The predicted octanol–water partition coefficient (Wildman–Crippen LogP) is 6.04. The third-order valence-corrected chi connectivity index (χ3v) is 7.66. The molecule has 1 aromatic heterocycles. The Morgan fingerprint density at radius 2 is 1.65 bits per heavy atom. The van der Waals surface area contributed by atoms with Gasteiger partial charge in [0.1, 0.15) is 12.0 Å². The summed E-state index contributed by atoms with van der Waals surface area (Å²) in [6, 6.07) is 13.8. The lowest BCUT2D eigenvalue weighted by molar-refractivity contribution is -0.137. The molecular weight excluding hydrogens is 337 g/mol. The molecule has 3 rings (SSSR count). The Bertz CT molecular complexity index is 816. The Labute approximate surface area is 140 Å². The van der Waals surface area contributed by atoms with Crippen molar-refractivity contribution in [2.45, 2.75) is 23.1 Å². The molecule has 0 N–H and O–H groups in total. The van der Waals surface area contributed by atoms with Gasteiger partial charge in [0.2, 0.25) is 4.21 Å². The van der Waals surface area contributed by atoms with E-state index in [0.717, 1.165) is 11.3 Å². The van der Waals surface area contributed by atoms with Crippen LogP contribution >= 0.6 is 11.3 Å². The first-order valence-corrected chi connectivity index (χ1v) is 9.75. The molecule has 0 aliphatic rings. The number of aryl methyl sites for hydroxylation is 1. The van der Waals surface area contributed by atoms with E-state index in [1.807, 2.05) is 12.1 Å². The molecule has 0 saturated heterocycles.